The highest BCUT2D eigenvalue weighted by atomic mass is 16.5. The van der Waals surface area contributed by atoms with Crippen LogP contribution in [0.25, 0.3) is 0 Å². The van der Waals surface area contributed by atoms with E-state index < -0.39 is 0 Å². The lowest BCUT2D eigenvalue weighted by atomic mass is 9.78. The Balaban J connectivity index is 2.05. The van der Waals surface area contributed by atoms with Crippen LogP contribution in [0.3, 0.4) is 0 Å². The van der Waals surface area contributed by atoms with Gasteiger partial charge < -0.3 is 10.1 Å². The van der Waals surface area contributed by atoms with Crippen molar-refractivity contribution in [3.8, 4) is 0 Å². The number of hydrogen-bond donors (Lipinski definition) is 1. The predicted molar refractivity (Wildman–Crippen MR) is 81.6 cm³/mol. The van der Waals surface area contributed by atoms with E-state index in [4.69, 9.17) is 4.74 Å². The molecule has 3 atom stereocenters. The summed E-state index contributed by atoms with van der Waals surface area (Å²) in [6.45, 7) is 5.56. The highest BCUT2D eigenvalue weighted by Gasteiger charge is 2.27. The molecule has 2 nitrogen and oxygen atoms in total. The molecule has 0 radical (unpaired) electrons. The van der Waals surface area contributed by atoms with Gasteiger partial charge in [0, 0.05) is 18.8 Å². The fraction of sp³-hybridized carbons (Fsp3) is 0.647. The lowest BCUT2D eigenvalue weighted by Gasteiger charge is -2.35. The molecule has 1 N–H and O–H groups in total. The van der Waals surface area contributed by atoms with E-state index in [1.54, 1.807) is 7.11 Å². The molecule has 1 aliphatic carbocycles. The second-order valence-electron chi connectivity index (χ2n) is 5.92. The zero-order valence-corrected chi connectivity index (χ0v) is 12.5. The molecule has 1 aromatic carbocycles. The van der Waals surface area contributed by atoms with Gasteiger partial charge in [-0.05, 0) is 36.3 Å². The Hall–Kier alpha value is -1.02. The van der Waals surface area contributed by atoms with Crippen molar-refractivity contribution < 1.29 is 4.74 Å². The van der Waals surface area contributed by atoms with Crippen LogP contribution in [0.2, 0.25) is 0 Å². The third kappa shape index (κ3) is 3.73. The van der Waals surface area contributed by atoms with Crippen molar-refractivity contribution in [1.29, 1.82) is 0 Å². The predicted octanol–water partition coefficient (Wildman–Crippen LogP) is 4.11. The second-order valence-corrected chi connectivity index (χ2v) is 5.92. The molecule has 0 aromatic heterocycles. The molecule has 0 saturated heterocycles. The minimum atomic E-state index is 0.618. The highest BCUT2D eigenvalue weighted by molar-refractivity contribution is 5.52. The minimum absolute atomic E-state index is 0.618. The summed E-state index contributed by atoms with van der Waals surface area (Å²) in [4.78, 5) is 0. The Morgan fingerprint density at radius 1 is 1.21 bits per heavy atom. The number of ether oxygens (including phenoxy) is 1. The molecule has 0 amide bonds. The molecule has 1 aliphatic rings. The molecule has 2 rings (SSSR count). The molecule has 1 fully saturated rings. The van der Waals surface area contributed by atoms with Crippen molar-refractivity contribution in [3.63, 3.8) is 0 Å². The summed E-state index contributed by atoms with van der Waals surface area (Å²) in [7, 11) is 1.76. The number of hydrogen-bond acceptors (Lipinski definition) is 2. The van der Waals surface area contributed by atoms with E-state index in [1.165, 1.54) is 30.5 Å². The number of anilines is 1. The topological polar surface area (TPSA) is 21.3 Å². The fourth-order valence-corrected chi connectivity index (χ4v) is 3.08. The number of methoxy groups -OCH3 is 1. The summed E-state index contributed by atoms with van der Waals surface area (Å²) in [5.74, 6) is 1.58. The smallest absolute Gasteiger partial charge is 0.0503 e. The van der Waals surface area contributed by atoms with Gasteiger partial charge in [-0.2, -0.15) is 0 Å². The first-order chi connectivity index (χ1) is 9.22. The van der Waals surface area contributed by atoms with Crippen molar-refractivity contribution in [2.45, 2.75) is 45.6 Å². The van der Waals surface area contributed by atoms with Gasteiger partial charge in [-0.15, -0.1) is 0 Å². The summed E-state index contributed by atoms with van der Waals surface area (Å²) in [5.41, 5.74) is 2.67. The lowest BCUT2D eigenvalue weighted by Crippen LogP contribution is -2.35. The molecule has 19 heavy (non-hydrogen) atoms. The number of benzene rings is 1. The van der Waals surface area contributed by atoms with Crippen molar-refractivity contribution in [2.24, 2.45) is 11.8 Å². The van der Waals surface area contributed by atoms with Gasteiger partial charge in [0.15, 0.2) is 0 Å². The maximum absolute atomic E-state index is 5.20. The van der Waals surface area contributed by atoms with E-state index >= 15 is 0 Å². The van der Waals surface area contributed by atoms with E-state index in [-0.39, 0.29) is 0 Å². The van der Waals surface area contributed by atoms with Crippen LogP contribution >= 0.6 is 0 Å². The Kier molecular flexibility index (Phi) is 5.26. The van der Waals surface area contributed by atoms with Crippen LogP contribution in [0.1, 0.15) is 38.7 Å². The minimum Gasteiger partial charge on any atom is -0.384 e. The largest absolute Gasteiger partial charge is 0.384 e. The first-order valence-corrected chi connectivity index (χ1v) is 7.55. The van der Waals surface area contributed by atoms with E-state index in [2.05, 4.69) is 43.4 Å². The number of para-hydroxylation sites is 1. The van der Waals surface area contributed by atoms with E-state index in [9.17, 15) is 0 Å². The lowest BCUT2D eigenvalue weighted by molar-refractivity contribution is 0.202. The maximum Gasteiger partial charge on any atom is 0.0503 e. The normalized spacial score (nSPS) is 27.2. The zero-order valence-electron chi connectivity index (χ0n) is 12.5. The van der Waals surface area contributed by atoms with Crippen molar-refractivity contribution in [1.82, 2.24) is 0 Å². The van der Waals surface area contributed by atoms with Gasteiger partial charge in [0.05, 0.1) is 6.61 Å². The zero-order chi connectivity index (χ0) is 13.7. The second kappa shape index (κ2) is 6.95. The molecular weight excluding hydrogens is 234 g/mol. The summed E-state index contributed by atoms with van der Waals surface area (Å²) < 4.78 is 5.20. The first kappa shape index (κ1) is 14.4. The Bertz CT molecular complexity index is 391. The highest BCUT2D eigenvalue weighted by Crippen LogP contribution is 2.32. The molecule has 3 unspecified atom stereocenters. The molecule has 0 spiro atoms. The van der Waals surface area contributed by atoms with Crippen molar-refractivity contribution in [2.75, 3.05) is 19.0 Å². The monoisotopic (exact) mass is 261 g/mol. The van der Waals surface area contributed by atoms with Gasteiger partial charge in [-0.25, -0.2) is 0 Å². The molecule has 106 valence electrons. The molecule has 2 heteroatoms. The first-order valence-electron chi connectivity index (χ1n) is 7.55. The quantitative estimate of drug-likeness (QED) is 0.861. The molecule has 0 aliphatic heterocycles. The maximum atomic E-state index is 5.20. The van der Waals surface area contributed by atoms with E-state index in [1.807, 2.05) is 0 Å². The van der Waals surface area contributed by atoms with Crippen molar-refractivity contribution >= 4 is 5.69 Å². The van der Waals surface area contributed by atoms with Crippen LogP contribution in [-0.4, -0.2) is 19.8 Å². The Labute approximate surface area is 117 Å². The van der Waals surface area contributed by atoms with Crippen LogP contribution in [0.15, 0.2) is 24.3 Å². The van der Waals surface area contributed by atoms with Crippen LogP contribution in [0.4, 0.5) is 5.69 Å². The van der Waals surface area contributed by atoms with Gasteiger partial charge >= 0.3 is 0 Å². The average molecular weight is 261 g/mol. The van der Waals surface area contributed by atoms with Gasteiger partial charge in [0.1, 0.15) is 0 Å². The SMILES string of the molecule is COCCc1ccccc1NC1CCCC(C)C1C. The van der Waals surface area contributed by atoms with Crippen molar-refractivity contribution in [3.05, 3.63) is 29.8 Å². The number of nitrogens with one attached hydrogen (secondary N) is 1. The van der Waals surface area contributed by atoms with Gasteiger partial charge in [0.2, 0.25) is 0 Å². The molecule has 1 aromatic rings. The standard InChI is InChI=1S/C17H27NO/c1-13-7-6-10-16(14(13)2)18-17-9-5-4-8-15(17)11-12-19-3/h4-5,8-9,13-14,16,18H,6-7,10-12H2,1-3H3. The van der Waals surface area contributed by atoms with E-state index in [0.29, 0.717) is 6.04 Å². The van der Waals surface area contributed by atoms with E-state index in [0.717, 1.165) is 24.9 Å². The fourth-order valence-electron chi connectivity index (χ4n) is 3.08. The van der Waals surface area contributed by atoms with Gasteiger partial charge in [0.25, 0.3) is 0 Å². The summed E-state index contributed by atoms with van der Waals surface area (Å²) >= 11 is 0. The summed E-state index contributed by atoms with van der Waals surface area (Å²) in [5, 5.41) is 3.78. The molecule has 0 heterocycles. The van der Waals surface area contributed by atoms with Crippen LogP contribution in [-0.2, 0) is 11.2 Å². The van der Waals surface area contributed by atoms with Gasteiger partial charge in [-0.3, -0.25) is 0 Å². The molecule has 1 saturated carbocycles. The summed E-state index contributed by atoms with van der Waals surface area (Å²) in [6, 6.07) is 9.26. The summed E-state index contributed by atoms with van der Waals surface area (Å²) in [6.07, 6.45) is 5.01. The van der Waals surface area contributed by atoms with Crippen LogP contribution < -0.4 is 5.32 Å². The Morgan fingerprint density at radius 3 is 2.79 bits per heavy atom. The van der Waals surface area contributed by atoms with Crippen LogP contribution in [0, 0.1) is 11.8 Å². The third-order valence-corrected chi connectivity index (χ3v) is 4.64. The third-order valence-electron chi connectivity index (χ3n) is 4.64. The molecule has 0 bridgehead atoms. The number of rotatable bonds is 5. The van der Waals surface area contributed by atoms with Gasteiger partial charge in [-0.1, -0.05) is 44.9 Å². The van der Waals surface area contributed by atoms with Crippen LogP contribution in [0.5, 0.6) is 0 Å². The Morgan fingerprint density at radius 2 is 2.00 bits per heavy atom. The molecular formula is C17H27NO. The average Bonchev–Trinajstić information content (AvgIpc) is 2.43.